The average Bonchev–Trinajstić information content (AvgIpc) is 3.08. The van der Waals surface area contributed by atoms with Gasteiger partial charge < -0.3 is 16.0 Å². The van der Waals surface area contributed by atoms with E-state index in [4.69, 9.17) is 0 Å². The molecule has 3 N–H and O–H groups in total. The average molecular weight is 355 g/mol. The lowest BCUT2D eigenvalue weighted by molar-refractivity contribution is -0.118. The largest absolute Gasteiger partial charge is 0.349 e. The van der Waals surface area contributed by atoms with E-state index in [0.29, 0.717) is 11.6 Å². The third kappa shape index (κ3) is 3.50. The van der Waals surface area contributed by atoms with Crippen LogP contribution in [-0.2, 0) is 4.79 Å². The van der Waals surface area contributed by atoms with Crippen LogP contribution < -0.4 is 16.0 Å². The molecule has 1 spiro atoms. The SMILES string of the molecule is Cc1cc(C(=O)NC2CCCC2)ccc1NC(=O)C1CC12CCNCC2. The van der Waals surface area contributed by atoms with Gasteiger partial charge in [-0.25, -0.2) is 0 Å². The minimum atomic E-state index is -0.00581. The highest BCUT2D eigenvalue weighted by molar-refractivity contribution is 5.98. The highest BCUT2D eigenvalue weighted by Crippen LogP contribution is 2.58. The Kier molecular flexibility index (Phi) is 4.74. The van der Waals surface area contributed by atoms with Crippen molar-refractivity contribution in [2.75, 3.05) is 18.4 Å². The quantitative estimate of drug-likeness (QED) is 0.778. The van der Waals surface area contributed by atoms with Crippen molar-refractivity contribution in [1.29, 1.82) is 0 Å². The van der Waals surface area contributed by atoms with Crippen LogP contribution >= 0.6 is 0 Å². The second-order valence-corrected chi connectivity index (χ2v) is 8.34. The van der Waals surface area contributed by atoms with Gasteiger partial charge in [-0.3, -0.25) is 9.59 Å². The molecule has 3 fully saturated rings. The summed E-state index contributed by atoms with van der Waals surface area (Å²) in [6.45, 7) is 4.00. The zero-order chi connectivity index (χ0) is 18.1. The minimum absolute atomic E-state index is 0.00581. The maximum absolute atomic E-state index is 12.6. The lowest BCUT2D eigenvalue weighted by Gasteiger charge is -2.23. The van der Waals surface area contributed by atoms with Gasteiger partial charge in [-0.2, -0.15) is 0 Å². The van der Waals surface area contributed by atoms with Gasteiger partial charge in [-0.15, -0.1) is 0 Å². The summed E-state index contributed by atoms with van der Waals surface area (Å²) in [6.07, 6.45) is 7.78. The first-order valence-corrected chi connectivity index (χ1v) is 10.0. The summed E-state index contributed by atoms with van der Waals surface area (Å²) in [6, 6.07) is 5.89. The molecule has 1 saturated heterocycles. The maximum atomic E-state index is 12.6. The van der Waals surface area contributed by atoms with Crippen LogP contribution in [0.4, 0.5) is 5.69 Å². The normalized spacial score (nSPS) is 24.4. The molecule has 26 heavy (non-hydrogen) atoms. The summed E-state index contributed by atoms with van der Waals surface area (Å²) < 4.78 is 0. The molecular weight excluding hydrogens is 326 g/mol. The number of hydrogen-bond donors (Lipinski definition) is 3. The first kappa shape index (κ1) is 17.5. The molecule has 5 nitrogen and oxygen atoms in total. The van der Waals surface area contributed by atoms with Crippen LogP contribution in [0, 0.1) is 18.3 Å². The second-order valence-electron chi connectivity index (χ2n) is 8.34. The molecule has 1 aromatic rings. The van der Waals surface area contributed by atoms with Gasteiger partial charge in [0.25, 0.3) is 5.91 Å². The van der Waals surface area contributed by atoms with E-state index in [1.165, 1.54) is 12.8 Å². The molecule has 0 radical (unpaired) electrons. The van der Waals surface area contributed by atoms with Crippen LogP contribution in [0.15, 0.2) is 18.2 Å². The molecule has 140 valence electrons. The van der Waals surface area contributed by atoms with Gasteiger partial charge in [-0.1, -0.05) is 12.8 Å². The molecule has 1 aliphatic heterocycles. The standard InChI is InChI=1S/C21H29N3O2/c1-14-12-15(19(25)23-16-4-2-3-5-16)6-7-18(14)24-20(26)17-13-21(17)8-10-22-11-9-21/h6-7,12,16-17,22H,2-5,8-11,13H2,1H3,(H,23,25)(H,24,26). The van der Waals surface area contributed by atoms with Crippen LogP contribution in [0.5, 0.6) is 0 Å². The maximum Gasteiger partial charge on any atom is 0.251 e. The number of hydrogen-bond acceptors (Lipinski definition) is 3. The fourth-order valence-corrected chi connectivity index (χ4v) is 4.70. The van der Waals surface area contributed by atoms with E-state index in [1.54, 1.807) is 0 Å². The van der Waals surface area contributed by atoms with Gasteiger partial charge in [0.15, 0.2) is 0 Å². The van der Waals surface area contributed by atoms with Crippen molar-refractivity contribution in [3.63, 3.8) is 0 Å². The molecule has 2 saturated carbocycles. The summed E-state index contributed by atoms with van der Waals surface area (Å²) in [5.74, 6) is 0.279. The van der Waals surface area contributed by atoms with Crippen LogP contribution in [0.2, 0.25) is 0 Å². The molecule has 2 amide bonds. The van der Waals surface area contributed by atoms with Gasteiger partial charge in [0, 0.05) is 23.2 Å². The van der Waals surface area contributed by atoms with Crippen molar-refractivity contribution in [2.24, 2.45) is 11.3 Å². The van der Waals surface area contributed by atoms with Crippen molar-refractivity contribution in [2.45, 2.75) is 57.9 Å². The Labute approximate surface area is 155 Å². The van der Waals surface area contributed by atoms with E-state index in [-0.39, 0.29) is 23.1 Å². The molecule has 1 heterocycles. The molecular formula is C21H29N3O2. The van der Waals surface area contributed by atoms with Crippen LogP contribution in [0.25, 0.3) is 0 Å². The Morgan fingerprint density at radius 1 is 1.15 bits per heavy atom. The fourth-order valence-electron chi connectivity index (χ4n) is 4.70. The molecule has 1 aromatic carbocycles. The van der Waals surface area contributed by atoms with Gasteiger partial charge in [0.1, 0.15) is 0 Å². The summed E-state index contributed by atoms with van der Waals surface area (Å²) in [5.41, 5.74) is 2.68. The molecule has 5 heteroatoms. The number of anilines is 1. The van der Waals surface area contributed by atoms with E-state index in [0.717, 1.165) is 56.4 Å². The molecule has 0 bridgehead atoms. The molecule has 3 aliphatic rings. The third-order valence-electron chi connectivity index (χ3n) is 6.54. The fraction of sp³-hybridized carbons (Fsp3) is 0.619. The summed E-state index contributed by atoms with van der Waals surface area (Å²) in [4.78, 5) is 25.0. The van der Waals surface area contributed by atoms with Gasteiger partial charge in [0.05, 0.1) is 0 Å². The van der Waals surface area contributed by atoms with Crippen LogP contribution in [0.3, 0.4) is 0 Å². The first-order chi connectivity index (χ1) is 12.6. The molecule has 0 aromatic heterocycles. The molecule has 4 rings (SSSR count). The highest BCUT2D eigenvalue weighted by Gasteiger charge is 2.57. The summed E-state index contributed by atoms with van der Waals surface area (Å²) in [5, 5.41) is 9.58. The van der Waals surface area contributed by atoms with E-state index in [1.807, 2.05) is 25.1 Å². The smallest absolute Gasteiger partial charge is 0.251 e. The lowest BCUT2D eigenvalue weighted by atomic mass is 9.91. The number of amides is 2. The van der Waals surface area contributed by atoms with E-state index < -0.39 is 0 Å². The molecule has 2 aliphatic carbocycles. The van der Waals surface area contributed by atoms with E-state index in [2.05, 4.69) is 16.0 Å². The van der Waals surface area contributed by atoms with Gasteiger partial charge in [-0.05, 0) is 81.3 Å². The van der Waals surface area contributed by atoms with E-state index in [9.17, 15) is 9.59 Å². The van der Waals surface area contributed by atoms with Crippen molar-refractivity contribution < 1.29 is 9.59 Å². The van der Waals surface area contributed by atoms with Crippen molar-refractivity contribution >= 4 is 17.5 Å². The number of piperidine rings is 1. The Morgan fingerprint density at radius 3 is 2.58 bits per heavy atom. The lowest BCUT2D eigenvalue weighted by Crippen LogP contribution is -2.32. The van der Waals surface area contributed by atoms with Crippen molar-refractivity contribution in [1.82, 2.24) is 10.6 Å². The predicted octanol–water partition coefficient (Wildman–Crippen LogP) is 3.00. The monoisotopic (exact) mass is 355 g/mol. The van der Waals surface area contributed by atoms with Gasteiger partial charge in [0.2, 0.25) is 5.91 Å². The number of benzene rings is 1. The number of aryl methyl sites for hydroxylation is 1. The van der Waals surface area contributed by atoms with Crippen molar-refractivity contribution in [3.05, 3.63) is 29.3 Å². The van der Waals surface area contributed by atoms with Crippen molar-refractivity contribution in [3.8, 4) is 0 Å². The number of nitrogens with one attached hydrogen (secondary N) is 3. The molecule has 1 unspecified atom stereocenters. The number of rotatable bonds is 4. The Balaban J connectivity index is 1.37. The first-order valence-electron chi connectivity index (χ1n) is 10.0. The minimum Gasteiger partial charge on any atom is -0.349 e. The zero-order valence-corrected chi connectivity index (χ0v) is 15.6. The molecule has 1 atom stereocenters. The summed E-state index contributed by atoms with van der Waals surface area (Å²) in [7, 11) is 0. The topological polar surface area (TPSA) is 70.2 Å². The Hall–Kier alpha value is -1.88. The Bertz CT molecular complexity index is 703. The number of carbonyl (C=O) groups is 2. The zero-order valence-electron chi connectivity index (χ0n) is 15.6. The second kappa shape index (κ2) is 7.03. The number of carbonyl (C=O) groups excluding carboxylic acids is 2. The summed E-state index contributed by atoms with van der Waals surface area (Å²) >= 11 is 0. The predicted molar refractivity (Wildman–Crippen MR) is 102 cm³/mol. The van der Waals surface area contributed by atoms with Crippen LogP contribution in [-0.4, -0.2) is 30.9 Å². The Morgan fingerprint density at radius 2 is 1.88 bits per heavy atom. The van der Waals surface area contributed by atoms with Gasteiger partial charge >= 0.3 is 0 Å². The van der Waals surface area contributed by atoms with E-state index >= 15 is 0 Å². The highest BCUT2D eigenvalue weighted by atomic mass is 16.2. The van der Waals surface area contributed by atoms with Crippen LogP contribution in [0.1, 0.15) is 60.9 Å². The third-order valence-corrected chi connectivity index (χ3v) is 6.54.